The Bertz CT molecular complexity index is 364. The quantitative estimate of drug-likeness (QED) is 0.708. The van der Waals surface area contributed by atoms with Gasteiger partial charge in [-0.1, -0.05) is 31.7 Å². The highest BCUT2D eigenvalue weighted by Gasteiger charge is 2.12. The molecule has 0 radical (unpaired) electrons. The van der Waals surface area contributed by atoms with Crippen molar-refractivity contribution < 1.29 is 8.42 Å². The topological polar surface area (TPSA) is 46.2 Å². The third-order valence-corrected chi connectivity index (χ3v) is 3.43. The van der Waals surface area contributed by atoms with Crippen LogP contribution in [0.15, 0.2) is 36.0 Å². The lowest BCUT2D eigenvalue weighted by atomic mass is 10.0. The predicted molar refractivity (Wildman–Crippen MR) is 65.2 cm³/mol. The van der Waals surface area contributed by atoms with E-state index in [0.717, 1.165) is 17.6 Å². The smallest absolute Gasteiger partial charge is 0.215 e. The molecule has 0 aromatic heterocycles. The lowest BCUT2D eigenvalue weighted by Crippen LogP contribution is -2.23. The molecule has 0 rings (SSSR count). The van der Waals surface area contributed by atoms with E-state index in [9.17, 15) is 8.42 Å². The predicted octanol–water partition coefficient (Wildman–Crippen LogP) is 2.00. The van der Waals surface area contributed by atoms with Gasteiger partial charge in [0.1, 0.15) is 0 Å². The average Bonchev–Trinajstić information content (AvgIpc) is 2.23. The molecule has 0 aliphatic carbocycles. The maximum absolute atomic E-state index is 11.4. The van der Waals surface area contributed by atoms with Crippen molar-refractivity contribution in [2.45, 2.75) is 20.3 Å². The second-order valence-electron chi connectivity index (χ2n) is 3.06. The van der Waals surface area contributed by atoms with Crippen molar-refractivity contribution in [1.82, 2.24) is 4.72 Å². The van der Waals surface area contributed by atoms with Crippen LogP contribution in [0.1, 0.15) is 20.3 Å². The minimum atomic E-state index is -3.20. The van der Waals surface area contributed by atoms with Crippen LogP contribution in [0.5, 0.6) is 0 Å². The van der Waals surface area contributed by atoms with Crippen molar-refractivity contribution in [2.75, 3.05) is 12.8 Å². The zero-order valence-corrected chi connectivity index (χ0v) is 10.4. The molecule has 0 saturated heterocycles. The first-order valence-corrected chi connectivity index (χ1v) is 6.54. The molecule has 0 fully saturated rings. The van der Waals surface area contributed by atoms with Crippen LogP contribution in [-0.4, -0.2) is 21.2 Å². The number of nitrogens with one attached hydrogen (secondary N) is 1. The Kier molecular flexibility index (Phi) is 6.20. The van der Waals surface area contributed by atoms with Gasteiger partial charge in [-0.05, 0) is 31.5 Å². The van der Waals surface area contributed by atoms with Crippen LogP contribution in [-0.2, 0) is 10.0 Å². The first-order chi connectivity index (χ1) is 7.00. The van der Waals surface area contributed by atoms with E-state index in [2.05, 4.69) is 11.3 Å². The molecule has 0 aliphatic heterocycles. The number of rotatable bonds is 6. The van der Waals surface area contributed by atoms with Crippen molar-refractivity contribution in [3.8, 4) is 0 Å². The molecule has 0 atom stereocenters. The Hall–Kier alpha value is -0.870. The summed E-state index contributed by atoms with van der Waals surface area (Å²) < 4.78 is 25.1. The van der Waals surface area contributed by atoms with Crippen molar-refractivity contribution in [3.05, 3.63) is 36.0 Å². The van der Waals surface area contributed by atoms with Crippen LogP contribution in [0.4, 0.5) is 0 Å². The fraction of sp³-hybridized carbons (Fsp3) is 0.455. The summed E-state index contributed by atoms with van der Waals surface area (Å²) in [6.07, 6.45) is 6.15. The molecule has 86 valence electrons. The first-order valence-electron chi connectivity index (χ1n) is 4.89. The second kappa shape index (κ2) is 6.58. The fourth-order valence-electron chi connectivity index (χ4n) is 1.23. The summed E-state index contributed by atoms with van der Waals surface area (Å²) in [4.78, 5) is 0. The molecule has 0 aromatic rings. The molecule has 4 heteroatoms. The van der Waals surface area contributed by atoms with Crippen LogP contribution in [0.2, 0.25) is 0 Å². The van der Waals surface area contributed by atoms with E-state index in [0.29, 0.717) is 0 Å². The lowest BCUT2D eigenvalue weighted by molar-refractivity contribution is 0.590. The largest absolute Gasteiger partial charge is 0.218 e. The Balaban J connectivity index is 4.96. The van der Waals surface area contributed by atoms with Crippen molar-refractivity contribution in [2.24, 2.45) is 0 Å². The van der Waals surface area contributed by atoms with E-state index in [-0.39, 0.29) is 5.75 Å². The SMILES string of the molecule is C=C/C=C(CC)\C(=C/C)CS(=O)(=O)NC. The number of allylic oxidation sites excluding steroid dienone is 4. The highest BCUT2D eigenvalue weighted by molar-refractivity contribution is 7.89. The van der Waals surface area contributed by atoms with Gasteiger partial charge in [-0.2, -0.15) is 0 Å². The first kappa shape index (κ1) is 14.1. The molecule has 0 bridgehead atoms. The lowest BCUT2D eigenvalue weighted by Gasteiger charge is -2.09. The standard InChI is InChI=1S/C11H19NO2S/c1-5-8-10(6-2)11(7-3)9-15(13,14)12-4/h5,7-8,12H,1,6,9H2,2-4H3/b10-8-,11-7-. The van der Waals surface area contributed by atoms with Gasteiger partial charge in [0.2, 0.25) is 10.0 Å². The average molecular weight is 229 g/mol. The van der Waals surface area contributed by atoms with Gasteiger partial charge in [-0.25, -0.2) is 13.1 Å². The van der Waals surface area contributed by atoms with Gasteiger partial charge in [-0.3, -0.25) is 0 Å². The molecule has 3 nitrogen and oxygen atoms in total. The molecule has 1 N–H and O–H groups in total. The third-order valence-electron chi connectivity index (χ3n) is 2.12. The summed E-state index contributed by atoms with van der Waals surface area (Å²) in [5.74, 6) is 0.0213. The normalized spacial score (nSPS) is 14.1. The minimum Gasteiger partial charge on any atom is -0.218 e. The van der Waals surface area contributed by atoms with E-state index in [1.807, 2.05) is 26.0 Å². The highest BCUT2D eigenvalue weighted by Crippen LogP contribution is 2.15. The highest BCUT2D eigenvalue weighted by atomic mass is 32.2. The van der Waals surface area contributed by atoms with Crippen molar-refractivity contribution in [3.63, 3.8) is 0 Å². The van der Waals surface area contributed by atoms with Gasteiger partial charge in [0.05, 0.1) is 5.75 Å². The molecule has 0 heterocycles. The summed E-state index contributed by atoms with van der Waals surface area (Å²) in [5.41, 5.74) is 1.83. The zero-order chi connectivity index (χ0) is 11.9. The zero-order valence-electron chi connectivity index (χ0n) is 9.58. The van der Waals surface area contributed by atoms with Crippen LogP contribution in [0.3, 0.4) is 0 Å². The van der Waals surface area contributed by atoms with Gasteiger partial charge >= 0.3 is 0 Å². The number of sulfonamides is 1. The van der Waals surface area contributed by atoms with Gasteiger partial charge in [0, 0.05) is 0 Å². The maximum Gasteiger partial charge on any atom is 0.215 e. The maximum atomic E-state index is 11.4. The number of hydrogen-bond donors (Lipinski definition) is 1. The summed E-state index contributed by atoms with van der Waals surface area (Å²) in [6, 6.07) is 0. The van der Waals surface area contributed by atoms with Crippen LogP contribution >= 0.6 is 0 Å². The van der Waals surface area contributed by atoms with Crippen molar-refractivity contribution >= 4 is 10.0 Å². The molecule has 0 aromatic carbocycles. The van der Waals surface area contributed by atoms with E-state index in [1.54, 1.807) is 6.08 Å². The van der Waals surface area contributed by atoms with Crippen molar-refractivity contribution in [1.29, 1.82) is 0 Å². The Morgan fingerprint density at radius 3 is 2.33 bits per heavy atom. The molecule has 0 unspecified atom stereocenters. The Morgan fingerprint density at radius 2 is 2.00 bits per heavy atom. The molecule has 0 saturated carbocycles. The van der Waals surface area contributed by atoms with Crippen LogP contribution in [0, 0.1) is 0 Å². The summed E-state index contributed by atoms with van der Waals surface area (Å²) in [7, 11) is -1.78. The number of hydrogen-bond acceptors (Lipinski definition) is 2. The molecule has 0 amide bonds. The molecular formula is C11H19NO2S. The Labute approximate surface area is 92.6 Å². The molecule has 15 heavy (non-hydrogen) atoms. The van der Waals surface area contributed by atoms with Gasteiger partial charge in [0.15, 0.2) is 0 Å². The van der Waals surface area contributed by atoms with Crippen LogP contribution < -0.4 is 4.72 Å². The van der Waals surface area contributed by atoms with E-state index in [1.165, 1.54) is 7.05 Å². The minimum absolute atomic E-state index is 0.0213. The Morgan fingerprint density at radius 1 is 1.40 bits per heavy atom. The van der Waals surface area contributed by atoms with Gasteiger partial charge < -0.3 is 0 Å². The van der Waals surface area contributed by atoms with E-state index < -0.39 is 10.0 Å². The molecular weight excluding hydrogens is 210 g/mol. The molecule has 0 aliphatic rings. The van der Waals surface area contributed by atoms with E-state index >= 15 is 0 Å². The summed E-state index contributed by atoms with van der Waals surface area (Å²) in [6.45, 7) is 7.44. The summed E-state index contributed by atoms with van der Waals surface area (Å²) in [5, 5.41) is 0. The molecule has 0 spiro atoms. The van der Waals surface area contributed by atoms with Gasteiger partial charge in [0.25, 0.3) is 0 Å². The van der Waals surface area contributed by atoms with E-state index in [4.69, 9.17) is 0 Å². The summed E-state index contributed by atoms with van der Waals surface area (Å²) >= 11 is 0. The second-order valence-corrected chi connectivity index (χ2v) is 4.98. The fourth-order valence-corrected chi connectivity index (χ4v) is 2.14. The van der Waals surface area contributed by atoms with Crippen LogP contribution in [0.25, 0.3) is 0 Å². The van der Waals surface area contributed by atoms with Gasteiger partial charge in [-0.15, -0.1) is 0 Å². The monoisotopic (exact) mass is 229 g/mol. The third kappa shape index (κ3) is 4.95.